The van der Waals surface area contributed by atoms with Crippen molar-refractivity contribution in [2.45, 2.75) is 83.6 Å². The third-order valence-corrected chi connectivity index (χ3v) is 5.00. The molecule has 3 rings (SSSR count). The Hall–Kier alpha value is -0.870. The zero-order valence-corrected chi connectivity index (χ0v) is 13.6. The van der Waals surface area contributed by atoms with Crippen molar-refractivity contribution < 1.29 is 0 Å². The molecule has 2 aliphatic heterocycles. The highest BCUT2D eigenvalue weighted by molar-refractivity contribution is 5.05. The minimum absolute atomic E-state index is 0.762. The van der Waals surface area contributed by atoms with Gasteiger partial charge >= 0.3 is 0 Å². The molecule has 2 fully saturated rings. The largest absolute Gasteiger partial charge is 0.311 e. The van der Waals surface area contributed by atoms with Gasteiger partial charge in [-0.15, -0.1) is 0 Å². The molecule has 1 aromatic heterocycles. The standard InChI is InChI=1S/C17H30N4/c1-3-7-20(12-14-11-18-21(13-14)8-4-2)17-9-15-5-6-16(10-17)19-15/h11,13,15-17,19H,3-10,12H2,1-2H3. The monoisotopic (exact) mass is 290 g/mol. The molecule has 2 bridgehead atoms. The van der Waals surface area contributed by atoms with Gasteiger partial charge in [0.15, 0.2) is 0 Å². The summed E-state index contributed by atoms with van der Waals surface area (Å²) in [6, 6.07) is 2.31. The van der Waals surface area contributed by atoms with E-state index < -0.39 is 0 Å². The Balaban J connectivity index is 1.63. The van der Waals surface area contributed by atoms with Gasteiger partial charge in [-0.25, -0.2) is 0 Å². The molecule has 1 aromatic rings. The summed E-state index contributed by atoms with van der Waals surface area (Å²) < 4.78 is 2.09. The van der Waals surface area contributed by atoms with Crippen LogP contribution < -0.4 is 5.32 Å². The van der Waals surface area contributed by atoms with Crippen molar-refractivity contribution in [2.24, 2.45) is 0 Å². The van der Waals surface area contributed by atoms with Gasteiger partial charge in [0.05, 0.1) is 6.20 Å². The van der Waals surface area contributed by atoms with Crippen LogP contribution in [0.1, 0.15) is 57.9 Å². The molecular formula is C17H30N4. The molecule has 1 N–H and O–H groups in total. The highest BCUT2D eigenvalue weighted by Crippen LogP contribution is 2.30. The fourth-order valence-corrected chi connectivity index (χ4v) is 4.08. The zero-order valence-electron chi connectivity index (χ0n) is 13.6. The predicted octanol–water partition coefficient (Wildman–Crippen LogP) is 2.79. The summed E-state index contributed by atoms with van der Waals surface area (Å²) in [6.45, 7) is 7.81. The summed E-state index contributed by atoms with van der Waals surface area (Å²) in [4.78, 5) is 2.71. The number of fused-ring (bicyclic) bond motifs is 2. The van der Waals surface area contributed by atoms with E-state index in [0.717, 1.165) is 37.6 Å². The lowest BCUT2D eigenvalue weighted by atomic mass is 9.97. The molecule has 0 spiro atoms. The van der Waals surface area contributed by atoms with E-state index in [0.29, 0.717) is 0 Å². The number of aromatic nitrogens is 2. The number of aryl methyl sites for hydroxylation is 1. The molecule has 2 aliphatic rings. The van der Waals surface area contributed by atoms with Gasteiger partial charge in [0.2, 0.25) is 0 Å². The van der Waals surface area contributed by atoms with Crippen LogP contribution in [0.2, 0.25) is 0 Å². The molecule has 4 nitrogen and oxygen atoms in total. The van der Waals surface area contributed by atoms with Crippen molar-refractivity contribution in [3.63, 3.8) is 0 Å². The number of hydrogen-bond donors (Lipinski definition) is 1. The van der Waals surface area contributed by atoms with E-state index in [1.807, 2.05) is 0 Å². The summed E-state index contributed by atoms with van der Waals surface area (Å²) in [5.74, 6) is 0. The molecule has 0 amide bonds. The Labute approximate surface area is 128 Å². The maximum atomic E-state index is 4.48. The fraction of sp³-hybridized carbons (Fsp3) is 0.824. The summed E-state index contributed by atoms with van der Waals surface area (Å²) in [6.07, 6.45) is 12.1. The van der Waals surface area contributed by atoms with E-state index in [9.17, 15) is 0 Å². The molecule has 4 heteroatoms. The second kappa shape index (κ2) is 6.93. The smallest absolute Gasteiger partial charge is 0.0534 e. The van der Waals surface area contributed by atoms with Crippen molar-refractivity contribution in [3.05, 3.63) is 18.0 Å². The summed E-state index contributed by atoms with van der Waals surface area (Å²) >= 11 is 0. The lowest BCUT2D eigenvalue weighted by Gasteiger charge is -2.37. The van der Waals surface area contributed by atoms with Crippen LogP contribution in [0.15, 0.2) is 12.4 Å². The van der Waals surface area contributed by atoms with Gasteiger partial charge in [-0.1, -0.05) is 13.8 Å². The van der Waals surface area contributed by atoms with Gasteiger partial charge in [-0.3, -0.25) is 9.58 Å². The topological polar surface area (TPSA) is 33.1 Å². The quantitative estimate of drug-likeness (QED) is 0.838. The Bertz CT molecular complexity index is 430. The third-order valence-electron chi connectivity index (χ3n) is 5.00. The van der Waals surface area contributed by atoms with Crippen LogP contribution >= 0.6 is 0 Å². The maximum absolute atomic E-state index is 4.48. The van der Waals surface area contributed by atoms with Crippen LogP contribution in [0.4, 0.5) is 0 Å². The molecule has 21 heavy (non-hydrogen) atoms. The third kappa shape index (κ3) is 3.67. The molecule has 0 aromatic carbocycles. The van der Waals surface area contributed by atoms with Crippen molar-refractivity contribution >= 4 is 0 Å². The predicted molar refractivity (Wildman–Crippen MR) is 86.2 cm³/mol. The lowest BCUT2D eigenvalue weighted by Crippen LogP contribution is -2.48. The van der Waals surface area contributed by atoms with Gasteiger partial charge in [0.1, 0.15) is 0 Å². The first-order chi connectivity index (χ1) is 10.3. The number of rotatable bonds is 7. The highest BCUT2D eigenvalue weighted by atomic mass is 15.3. The van der Waals surface area contributed by atoms with Crippen LogP contribution in [0.25, 0.3) is 0 Å². The molecule has 0 saturated carbocycles. The first kappa shape index (κ1) is 15.0. The van der Waals surface area contributed by atoms with Crippen molar-refractivity contribution in [1.82, 2.24) is 20.0 Å². The van der Waals surface area contributed by atoms with Crippen molar-refractivity contribution in [1.29, 1.82) is 0 Å². The Morgan fingerprint density at radius 1 is 1.24 bits per heavy atom. The molecule has 2 unspecified atom stereocenters. The van der Waals surface area contributed by atoms with Gasteiger partial charge < -0.3 is 5.32 Å². The van der Waals surface area contributed by atoms with E-state index in [4.69, 9.17) is 0 Å². The number of nitrogens with one attached hydrogen (secondary N) is 1. The van der Waals surface area contributed by atoms with Crippen LogP contribution in [0.3, 0.4) is 0 Å². The summed E-state index contributed by atoms with van der Waals surface area (Å²) in [5, 5.41) is 8.24. The Morgan fingerprint density at radius 3 is 2.67 bits per heavy atom. The SMILES string of the molecule is CCCN(Cc1cnn(CCC)c1)C1CC2CCC(C1)N2. The first-order valence-corrected chi connectivity index (χ1v) is 8.80. The van der Waals surface area contributed by atoms with E-state index >= 15 is 0 Å². The summed E-state index contributed by atoms with van der Waals surface area (Å²) in [5.41, 5.74) is 1.38. The van der Waals surface area contributed by atoms with Gasteiger partial charge in [-0.2, -0.15) is 5.10 Å². The zero-order chi connectivity index (χ0) is 14.7. The summed E-state index contributed by atoms with van der Waals surface area (Å²) in [7, 11) is 0. The normalized spacial score (nSPS) is 28.4. The fourth-order valence-electron chi connectivity index (χ4n) is 4.08. The van der Waals surface area contributed by atoms with Gasteiger partial charge in [0, 0.05) is 43.0 Å². The number of hydrogen-bond acceptors (Lipinski definition) is 3. The van der Waals surface area contributed by atoms with Crippen LogP contribution in [-0.2, 0) is 13.1 Å². The second-order valence-corrected chi connectivity index (χ2v) is 6.85. The number of nitrogens with zero attached hydrogens (tertiary/aromatic N) is 3. The Kier molecular flexibility index (Phi) is 4.96. The van der Waals surface area contributed by atoms with Gasteiger partial charge in [-0.05, 0) is 45.1 Å². The van der Waals surface area contributed by atoms with E-state index in [-0.39, 0.29) is 0 Å². The van der Waals surface area contributed by atoms with Gasteiger partial charge in [0.25, 0.3) is 0 Å². The van der Waals surface area contributed by atoms with Crippen LogP contribution in [0, 0.1) is 0 Å². The van der Waals surface area contributed by atoms with Crippen molar-refractivity contribution in [2.75, 3.05) is 6.54 Å². The Morgan fingerprint density at radius 2 is 2.00 bits per heavy atom. The van der Waals surface area contributed by atoms with E-state index in [2.05, 4.69) is 46.2 Å². The lowest BCUT2D eigenvalue weighted by molar-refractivity contribution is 0.134. The van der Waals surface area contributed by atoms with E-state index in [1.165, 1.54) is 44.2 Å². The second-order valence-electron chi connectivity index (χ2n) is 6.85. The first-order valence-electron chi connectivity index (χ1n) is 8.80. The molecule has 2 atom stereocenters. The van der Waals surface area contributed by atoms with E-state index in [1.54, 1.807) is 0 Å². The molecule has 118 valence electrons. The molecule has 0 aliphatic carbocycles. The number of piperidine rings is 1. The van der Waals surface area contributed by atoms with Crippen molar-refractivity contribution in [3.8, 4) is 0 Å². The molecule has 3 heterocycles. The average Bonchev–Trinajstić information content (AvgIpc) is 3.05. The van der Waals surface area contributed by atoms with Crippen LogP contribution in [-0.4, -0.2) is 39.4 Å². The average molecular weight is 290 g/mol. The molecular weight excluding hydrogens is 260 g/mol. The molecule has 0 radical (unpaired) electrons. The molecule has 2 saturated heterocycles. The highest BCUT2D eigenvalue weighted by Gasteiger charge is 2.35. The minimum Gasteiger partial charge on any atom is -0.311 e. The minimum atomic E-state index is 0.762. The maximum Gasteiger partial charge on any atom is 0.0534 e. The van der Waals surface area contributed by atoms with Crippen LogP contribution in [0.5, 0.6) is 0 Å².